The van der Waals surface area contributed by atoms with Gasteiger partial charge in [0.25, 0.3) is 0 Å². The van der Waals surface area contributed by atoms with Crippen LogP contribution in [0.3, 0.4) is 0 Å². The smallest absolute Gasteiger partial charge is 0.354 e. The molecule has 0 aliphatic carbocycles. The lowest BCUT2D eigenvalue weighted by Crippen LogP contribution is -2.45. The van der Waals surface area contributed by atoms with Crippen LogP contribution in [-0.2, 0) is 25.5 Å². The van der Waals surface area contributed by atoms with Crippen molar-refractivity contribution in [2.75, 3.05) is 26.3 Å². The van der Waals surface area contributed by atoms with Gasteiger partial charge in [0.05, 0.1) is 26.3 Å². The lowest BCUT2D eigenvalue weighted by molar-refractivity contribution is -0.134. The van der Waals surface area contributed by atoms with Crippen LogP contribution in [0.25, 0.3) is 0 Å². The Morgan fingerprint density at radius 1 is 1.35 bits per heavy atom. The second-order valence-corrected chi connectivity index (χ2v) is 4.61. The van der Waals surface area contributed by atoms with Crippen molar-refractivity contribution < 1.29 is 23.3 Å². The SMILES string of the molecule is CCOC(C)OCc1cc(F)ccc1B1COCCO1. The van der Waals surface area contributed by atoms with Crippen molar-refractivity contribution in [3.05, 3.63) is 29.6 Å². The lowest BCUT2D eigenvalue weighted by Gasteiger charge is -2.23. The summed E-state index contributed by atoms with van der Waals surface area (Å²) in [4.78, 5) is 0. The molecule has 1 aromatic rings. The number of hydrogen-bond donors (Lipinski definition) is 0. The molecule has 6 heteroatoms. The Hall–Kier alpha value is -0.945. The van der Waals surface area contributed by atoms with E-state index in [1.54, 1.807) is 6.07 Å². The quantitative estimate of drug-likeness (QED) is 0.585. The van der Waals surface area contributed by atoms with Gasteiger partial charge in [0, 0.05) is 6.61 Å². The maximum absolute atomic E-state index is 13.4. The minimum atomic E-state index is -0.320. The van der Waals surface area contributed by atoms with Gasteiger partial charge in [-0.3, -0.25) is 0 Å². The van der Waals surface area contributed by atoms with Gasteiger partial charge < -0.3 is 18.9 Å². The fraction of sp³-hybridized carbons (Fsp3) is 0.571. The van der Waals surface area contributed by atoms with Crippen molar-refractivity contribution in [1.82, 2.24) is 0 Å². The first kappa shape index (κ1) is 15.4. The van der Waals surface area contributed by atoms with E-state index in [4.69, 9.17) is 18.9 Å². The minimum Gasteiger partial charge on any atom is -0.427 e. The molecule has 2 rings (SSSR count). The van der Waals surface area contributed by atoms with Crippen LogP contribution >= 0.6 is 0 Å². The van der Waals surface area contributed by atoms with Gasteiger partial charge in [0.15, 0.2) is 6.29 Å². The third kappa shape index (κ3) is 4.28. The number of hydrogen-bond acceptors (Lipinski definition) is 4. The molecular formula is C14H20BFO4. The van der Waals surface area contributed by atoms with Crippen molar-refractivity contribution in [3.8, 4) is 0 Å². The van der Waals surface area contributed by atoms with Crippen molar-refractivity contribution >= 4 is 12.4 Å². The molecule has 0 bridgehead atoms. The third-order valence-corrected chi connectivity index (χ3v) is 3.14. The maximum Gasteiger partial charge on any atom is 0.354 e. The molecule has 1 fully saturated rings. The van der Waals surface area contributed by atoms with Crippen LogP contribution in [0.15, 0.2) is 18.2 Å². The van der Waals surface area contributed by atoms with E-state index < -0.39 is 0 Å². The zero-order valence-electron chi connectivity index (χ0n) is 11.9. The Kier molecular flexibility index (Phi) is 5.97. The van der Waals surface area contributed by atoms with Gasteiger partial charge in [0.1, 0.15) is 5.82 Å². The van der Waals surface area contributed by atoms with Crippen LogP contribution in [0.1, 0.15) is 19.4 Å². The first-order chi connectivity index (χ1) is 9.70. The third-order valence-electron chi connectivity index (χ3n) is 3.14. The molecule has 4 nitrogen and oxygen atoms in total. The number of halogens is 1. The van der Waals surface area contributed by atoms with Crippen molar-refractivity contribution in [3.63, 3.8) is 0 Å². The van der Waals surface area contributed by atoms with E-state index >= 15 is 0 Å². The molecule has 0 saturated carbocycles. The summed E-state index contributed by atoms with van der Waals surface area (Å²) in [5, 5.41) is 0. The van der Waals surface area contributed by atoms with E-state index in [-0.39, 0.29) is 25.6 Å². The van der Waals surface area contributed by atoms with E-state index in [1.807, 2.05) is 13.8 Å². The van der Waals surface area contributed by atoms with E-state index in [9.17, 15) is 4.39 Å². The first-order valence-electron chi connectivity index (χ1n) is 6.91. The van der Waals surface area contributed by atoms with Crippen LogP contribution < -0.4 is 5.46 Å². The van der Waals surface area contributed by atoms with Crippen LogP contribution in [0.2, 0.25) is 0 Å². The van der Waals surface area contributed by atoms with E-state index in [2.05, 4.69) is 0 Å². The number of benzene rings is 1. The fourth-order valence-corrected chi connectivity index (χ4v) is 2.17. The molecule has 20 heavy (non-hydrogen) atoms. The second-order valence-electron chi connectivity index (χ2n) is 4.61. The first-order valence-corrected chi connectivity index (χ1v) is 6.91. The summed E-state index contributed by atoms with van der Waals surface area (Å²) >= 11 is 0. The van der Waals surface area contributed by atoms with E-state index in [1.165, 1.54) is 12.1 Å². The van der Waals surface area contributed by atoms with E-state index in [0.29, 0.717) is 26.3 Å². The highest BCUT2D eigenvalue weighted by Gasteiger charge is 2.25. The molecule has 1 saturated heterocycles. The zero-order chi connectivity index (χ0) is 14.4. The summed E-state index contributed by atoms with van der Waals surface area (Å²) in [5.41, 5.74) is 1.68. The maximum atomic E-state index is 13.4. The Balaban J connectivity index is 2.07. The van der Waals surface area contributed by atoms with Crippen LogP contribution in [0.4, 0.5) is 4.39 Å². The molecule has 1 unspecified atom stereocenters. The topological polar surface area (TPSA) is 36.9 Å². The fourth-order valence-electron chi connectivity index (χ4n) is 2.17. The summed E-state index contributed by atoms with van der Waals surface area (Å²) < 4.78 is 35.4. The molecule has 0 amide bonds. The Morgan fingerprint density at radius 3 is 2.90 bits per heavy atom. The molecule has 110 valence electrons. The van der Waals surface area contributed by atoms with Crippen molar-refractivity contribution in [2.24, 2.45) is 0 Å². The molecule has 0 N–H and O–H groups in total. The molecule has 0 spiro atoms. The van der Waals surface area contributed by atoms with E-state index in [0.717, 1.165) is 11.0 Å². The lowest BCUT2D eigenvalue weighted by atomic mass is 9.60. The molecular weight excluding hydrogens is 262 g/mol. The number of ether oxygens (including phenoxy) is 3. The van der Waals surface area contributed by atoms with Gasteiger partial charge in [0.2, 0.25) is 0 Å². The summed E-state index contributed by atoms with van der Waals surface area (Å²) in [6.07, 6.45) is -0.320. The van der Waals surface area contributed by atoms with Gasteiger partial charge in [-0.15, -0.1) is 0 Å². The molecule has 1 atom stereocenters. The standard InChI is InChI=1S/C14H20BFO4/c1-3-18-11(2)19-9-12-8-13(16)4-5-14(12)15-10-17-6-7-20-15/h4-5,8,11H,3,6-7,9-10H2,1-2H3. The van der Waals surface area contributed by atoms with Crippen LogP contribution in [-0.4, -0.2) is 39.5 Å². The molecule has 0 radical (unpaired) electrons. The van der Waals surface area contributed by atoms with Gasteiger partial charge in [-0.05, 0) is 37.0 Å². The highest BCUT2D eigenvalue weighted by Crippen LogP contribution is 2.09. The second kappa shape index (κ2) is 7.74. The predicted octanol–water partition coefficient (Wildman–Crippen LogP) is 1.51. The Bertz CT molecular complexity index is 424. The van der Waals surface area contributed by atoms with Crippen LogP contribution in [0, 0.1) is 5.82 Å². The predicted molar refractivity (Wildman–Crippen MR) is 74.4 cm³/mol. The van der Waals surface area contributed by atoms with Gasteiger partial charge in [-0.1, -0.05) is 6.07 Å². The average Bonchev–Trinajstić information content (AvgIpc) is 2.46. The molecule has 1 aliphatic rings. The Morgan fingerprint density at radius 2 is 2.20 bits per heavy atom. The normalized spacial score (nSPS) is 17.2. The summed E-state index contributed by atoms with van der Waals surface area (Å²) in [5.74, 6) is -0.284. The summed E-state index contributed by atoms with van der Waals surface area (Å²) in [6, 6.07) is 4.65. The Labute approximate surface area is 119 Å². The molecule has 1 aromatic carbocycles. The van der Waals surface area contributed by atoms with Gasteiger partial charge in [-0.2, -0.15) is 0 Å². The largest absolute Gasteiger partial charge is 0.427 e. The monoisotopic (exact) mass is 282 g/mol. The van der Waals surface area contributed by atoms with Gasteiger partial charge >= 0.3 is 6.92 Å². The average molecular weight is 282 g/mol. The molecule has 1 aliphatic heterocycles. The summed E-state index contributed by atoms with van der Waals surface area (Å²) in [7, 11) is 0. The molecule has 1 heterocycles. The van der Waals surface area contributed by atoms with Gasteiger partial charge in [-0.25, -0.2) is 4.39 Å². The highest BCUT2D eigenvalue weighted by molar-refractivity contribution is 6.67. The molecule has 0 aromatic heterocycles. The minimum absolute atomic E-state index is 0.162. The van der Waals surface area contributed by atoms with Crippen molar-refractivity contribution in [1.29, 1.82) is 0 Å². The summed E-state index contributed by atoms with van der Waals surface area (Å²) in [6.45, 7) is 6.07. The van der Waals surface area contributed by atoms with Crippen LogP contribution in [0.5, 0.6) is 0 Å². The zero-order valence-corrected chi connectivity index (χ0v) is 11.9. The highest BCUT2D eigenvalue weighted by atomic mass is 19.1. The number of rotatable bonds is 6. The van der Waals surface area contributed by atoms with Crippen molar-refractivity contribution in [2.45, 2.75) is 26.7 Å².